The predicted octanol–water partition coefficient (Wildman–Crippen LogP) is 2.36. The van der Waals surface area contributed by atoms with Crippen LogP contribution in [0.25, 0.3) is 0 Å². The molecule has 0 spiro atoms. The Morgan fingerprint density at radius 2 is 2.12 bits per heavy atom. The van der Waals surface area contributed by atoms with E-state index in [1.807, 2.05) is 36.3 Å². The summed E-state index contributed by atoms with van der Waals surface area (Å²) in [6.07, 6.45) is 5.88. The van der Waals surface area contributed by atoms with E-state index in [0.717, 1.165) is 12.8 Å². The number of rotatable bonds is 4. The minimum Gasteiger partial charge on any atom is -0.324 e. The number of aryl methyl sites for hydroxylation is 3. The Balaban J connectivity index is 1.98. The highest BCUT2D eigenvalue weighted by molar-refractivity contribution is 5.28. The number of aromatic nitrogens is 2. The van der Waals surface area contributed by atoms with Crippen LogP contribution in [0.4, 0.5) is 0 Å². The first-order valence-corrected chi connectivity index (χ1v) is 5.95. The zero-order chi connectivity index (χ0) is 12.3. The average Bonchev–Trinajstić information content (AvgIpc) is 2.73. The molecule has 0 radical (unpaired) electrons. The van der Waals surface area contributed by atoms with Crippen molar-refractivity contribution in [2.24, 2.45) is 12.8 Å². The summed E-state index contributed by atoms with van der Waals surface area (Å²) in [6.45, 7) is 2.11. The molecule has 0 bridgehead atoms. The van der Waals surface area contributed by atoms with E-state index in [0.29, 0.717) is 0 Å². The second-order valence-corrected chi connectivity index (χ2v) is 4.52. The van der Waals surface area contributed by atoms with Crippen LogP contribution in [0.1, 0.15) is 29.2 Å². The number of nitrogens with two attached hydrogens (primary N) is 1. The lowest BCUT2D eigenvalue weighted by atomic mass is 9.97. The van der Waals surface area contributed by atoms with Crippen LogP contribution in [0.15, 0.2) is 36.7 Å². The van der Waals surface area contributed by atoms with Crippen molar-refractivity contribution in [2.45, 2.75) is 25.8 Å². The lowest BCUT2D eigenvalue weighted by molar-refractivity contribution is 0.647. The minimum absolute atomic E-state index is 0.108. The van der Waals surface area contributed by atoms with Crippen molar-refractivity contribution in [3.63, 3.8) is 0 Å². The van der Waals surface area contributed by atoms with Crippen molar-refractivity contribution in [2.75, 3.05) is 0 Å². The highest BCUT2D eigenvalue weighted by Crippen LogP contribution is 2.19. The fourth-order valence-corrected chi connectivity index (χ4v) is 2.08. The van der Waals surface area contributed by atoms with Crippen LogP contribution in [0.3, 0.4) is 0 Å². The average molecular weight is 229 g/mol. The van der Waals surface area contributed by atoms with Gasteiger partial charge in [-0.2, -0.15) is 5.10 Å². The lowest BCUT2D eigenvalue weighted by Gasteiger charge is -2.13. The molecule has 0 aliphatic carbocycles. The maximum atomic E-state index is 6.22. The molecule has 1 atom stereocenters. The molecular weight excluding hydrogens is 210 g/mol. The van der Waals surface area contributed by atoms with Gasteiger partial charge < -0.3 is 5.73 Å². The zero-order valence-electron chi connectivity index (χ0n) is 10.4. The first kappa shape index (κ1) is 11.9. The summed E-state index contributed by atoms with van der Waals surface area (Å²) in [5.74, 6) is 0. The summed E-state index contributed by atoms with van der Waals surface area (Å²) in [6, 6.07) is 8.43. The summed E-state index contributed by atoms with van der Waals surface area (Å²) in [5.41, 5.74) is 9.99. The van der Waals surface area contributed by atoms with E-state index in [4.69, 9.17) is 5.73 Å². The molecule has 1 heterocycles. The van der Waals surface area contributed by atoms with E-state index in [-0.39, 0.29) is 6.04 Å². The van der Waals surface area contributed by atoms with Gasteiger partial charge in [0, 0.05) is 19.3 Å². The molecule has 1 aromatic carbocycles. The molecule has 0 saturated heterocycles. The van der Waals surface area contributed by atoms with Gasteiger partial charge in [0.1, 0.15) is 0 Å². The second-order valence-electron chi connectivity index (χ2n) is 4.52. The molecule has 17 heavy (non-hydrogen) atoms. The van der Waals surface area contributed by atoms with Gasteiger partial charge in [-0.05, 0) is 36.5 Å². The van der Waals surface area contributed by atoms with E-state index in [1.165, 1.54) is 16.7 Å². The van der Waals surface area contributed by atoms with Gasteiger partial charge in [-0.3, -0.25) is 4.68 Å². The van der Waals surface area contributed by atoms with Gasteiger partial charge in [0.2, 0.25) is 0 Å². The molecule has 0 aliphatic rings. The van der Waals surface area contributed by atoms with Gasteiger partial charge in [-0.25, -0.2) is 0 Å². The molecule has 0 fully saturated rings. The van der Waals surface area contributed by atoms with Gasteiger partial charge >= 0.3 is 0 Å². The second kappa shape index (κ2) is 5.15. The van der Waals surface area contributed by atoms with Gasteiger partial charge in [0.15, 0.2) is 0 Å². The molecule has 0 aliphatic heterocycles. The summed E-state index contributed by atoms with van der Waals surface area (Å²) in [7, 11) is 1.94. The van der Waals surface area contributed by atoms with E-state index in [2.05, 4.69) is 24.2 Å². The number of benzene rings is 1. The molecule has 3 heteroatoms. The molecule has 2 N–H and O–H groups in total. The minimum atomic E-state index is 0.108. The fourth-order valence-electron chi connectivity index (χ4n) is 2.08. The van der Waals surface area contributed by atoms with Crippen LogP contribution < -0.4 is 5.73 Å². The number of nitrogens with zero attached hydrogens (tertiary/aromatic N) is 2. The highest BCUT2D eigenvalue weighted by Gasteiger charge is 2.08. The van der Waals surface area contributed by atoms with Crippen LogP contribution in [-0.4, -0.2) is 9.78 Å². The molecule has 0 saturated carbocycles. The van der Waals surface area contributed by atoms with Crippen molar-refractivity contribution in [1.29, 1.82) is 0 Å². The Labute approximate surface area is 102 Å². The largest absolute Gasteiger partial charge is 0.324 e. The molecule has 3 nitrogen and oxygen atoms in total. The zero-order valence-corrected chi connectivity index (χ0v) is 10.4. The van der Waals surface area contributed by atoms with Gasteiger partial charge in [0.05, 0.1) is 6.20 Å². The SMILES string of the molecule is Cc1ccccc1C(N)CCc1cnn(C)c1. The Hall–Kier alpha value is -1.61. The topological polar surface area (TPSA) is 43.8 Å². The predicted molar refractivity (Wildman–Crippen MR) is 69.6 cm³/mol. The van der Waals surface area contributed by atoms with Gasteiger partial charge in [-0.1, -0.05) is 24.3 Å². The van der Waals surface area contributed by atoms with Crippen LogP contribution >= 0.6 is 0 Å². The third kappa shape index (κ3) is 2.94. The molecule has 2 rings (SSSR count). The summed E-state index contributed by atoms with van der Waals surface area (Å²) < 4.78 is 1.83. The molecule has 1 unspecified atom stereocenters. The van der Waals surface area contributed by atoms with Crippen LogP contribution in [0.5, 0.6) is 0 Å². The third-order valence-corrected chi connectivity index (χ3v) is 3.09. The van der Waals surface area contributed by atoms with E-state index < -0.39 is 0 Å². The Morgan fingerprint density at radius 1 is 1.35 bits per heavy atom. The number of hydrogen-bond donors (Lipinski definition) is 1. The van der Waals surface area contributed by atoms with Gasteiger partial charge in [0.25, 0.3) is 0 Å². The van der Waals surface area contributed by atoms with Gasteiger partial charge in [-0.15, -0.1) is 0 Å². The van der Waals surface area contributed by atoms with Crippen molar-refractivity contribution >= 4 is 0 Å². The van der Waals surface area contributed by atoms with Crippen molar-refractivity contribution in [1.82, 2.24) is 9.78 Å². The van der Waals surface area contributed by atoms with Crippen molar-refractivity contribution < 1.29 is 0 Å². The van der Waals surface area contributed by atoms with Crippen molar-refractivity contribution in [3.05, 3.63) is 53.3 Å². The maximum Gasteiger partial charge on any atom is 0.0521 e. The third-order valence-electron chi connectivity index (χ3n) is 3.09. The summed E-state index contributed by atoms with van der Waals surface area (Å²) >= 11 is 0. The van der Waals surface area contributed by atoms with E-state index in [1.54, 1.807) is 0 Å². The standard InChI is InChI=1S/C14H19N3/c1-11-5-3-4-6-13(11)14(15)8-7-12-9-16-17(2)10-12/h3-6,9-10,14H,7-8,15H2,1-2H3. The maximum absolute atomic E-state index is 6.22. The summed E-state index contributed by atoms with van der Waals surface area (Å²) in [4.78, 5) is 0. The molecule has 0 amide bonds. The summed E-state index contributed by atoms with van der Waals surface area (Å²) in [5, 5.41) is 4.16. The van der Waals surface area contributed by atoms with E-state index >= 15 is 0 Å². The Kier molecular flexibility index (Phi) is 3.59. The molecular formula is C14H19N3. The Morgan fingerprint density at radius 3 is 2.76 bits per heavy atom. The van der Waals surface area contributed by atoms with Crippen molar-refractivity contribution in [3.8, 4) is 0 Å². The lowest BCUT2D eigenvalue weighted by Crippen LogP contribution is -2.12. The van der Waals surface area contributed by atoms with Crippen LogP contribution in [0, 0.1) is 6.92 Å². The Bertz CT molecular complexity index is 488. The molecule has 90 valence electrons. The monoisotopic (exact) mass is 229 g/mol. The van der Waals surface area contributed by atoms with E-state index in [9.17, 15) is 0 Å². The highest BCUT2D eigenvalue weighted by atomic mass is 15.2. The normalized spacial score (nSPS) is 12.6. The fraction of sp³-hybridized carbons (Fsp3) is 0.357. The smallest absolute Gasteiger partial charge is 0.0521 e. The first-order valence-electron chi connectivity index (χ1n) is 5.95. The quantitative estimate of drug-likeness (QED) is 0.874. The molecule has 1 aromatic heterocycles. The number of hydrogen-bond acceptors (Lipinski definition) is 2. The van der Waals surface area contributed by atoms with Crippen LogP contribution in [0.2, 0.25) is 0 Å². The van der Waals surface area contributed by atoms with Crippen LogP contribution in [-0.2, 0) is 13.5 Å². The molecule has 2 aromatic rings. The first-order chi connectivity index (χ1) is 8.16.